The van der Waals surface area contributed by atoms with E-state index >= 15 is 0 Å². The second-order valence-corrected chi connectivity index (χ2v) is 8.06. The molecular formula is C28H24N4Pt. The van der Waals surface area contributed by atoms with Gasteiger partial charge in [-0.15, -0.1) is 71.3 Å². The maximum Gasteiger partial charge on any atom is 2.00 e. The van der Waals surface area contributed by atoms with Crippen LogP contribution in [0.15, 0.2) is 79.3 Å². The molecule has 0 fully saturated rings. The van der Waals surface area contributed by atoms with Crippen LogP contribution in [-0.2, 0) is 34.5 Å². The van der Waals surface area contributed by atoms with Crippen LogP contribution in [-0.4, -0.2) is 19.1 Å². The van der Waals surface area contributed by atoms with Crippen LogP contribution < -0.4 is 0 Å². The van der Waals surface area contributed by atoms with E-state index in [4.69, 9.17) is 4.98 Å². The van der Waals surface area contributed by atoms with Gasteiger partial charge in [0, 0.05) is 31.6 Å². The van der Waals surface area contributed by atoms with Gasteiger partial charge in [0.1, 0.15) is 5.82 Å². The molecule has 0 atom stereocenters. The van der Waals surface area contributed by atoms with Gasteiger partial charge in [0.05, 0.1) is 11.5 Å². The number of benzene rings is 3. The first-order valence-electron chi connectivity index (χ1n) is 10.7. The Balaban J connectivity index is 0.00000259. The maximum atomic E-state index is 5.04. The molecule has 0 aliphatic rings. The molecule has 4 nitrogen and oxygen atoms in total. The van der Waals surface area contributed by atoms with Crippen LogP contribution in [0.1, 0.15) is 22.5 Å². The van der Waals surface area contributed by atoms with Gasteiger partial charge in [-0.05, 0) is 31.2 Å². The molecule has 0 saturated carbocycles. The molecule has 0 amide bonds. The normalized spacial score (nSPS) is 10.8. The van der Waals surface area contributed by atoms with Gasteiger partial charge in [-0.3, -0.25) is 9.97 Å². The summed E-state index contributed by atoms with van der Waals surface area (Å²) >= 11 is 0. The molecule has 0 aliphatic heterocycles. The fourth-order valence-corrected chi connectivity index (χ4v) is 4.15. The van der Waals surface area contributed by atoms with Gasteiger partial charge in [-0.1, -0.05) is 18.2 Å². The van der Waals surface area contributed by atoms with Gasteiger partial charge in [0.15, 0.2) is 0 Å². The monoisotopic (exact) mass is 611 g/mol. The number of aryl methyl sites for hydroxylation is 3. The molecule has 5 heteroatoms. The van der Waals surface area contributed by atoms with Crippen molar-refractivity contribution in [2.24, 2.45) is 7.05 Å². The number of aromatic nitrogens is 4. The zero-order chi connectivity index (χ0) is 22.1. The van der Waals surface area contributed by atoms with Gasteiger partial charge in [0.2, 0.25) is 0 Å². The average Bonchev–Trinajstić information content (AvgIpc) is 3.41. The summed E-state index contributed by atoms with van der Waals surface area (Å²) in [6.07, 6.45) is 6.55. The summed E-state index contributed by atoms with van der Waals surface area (Å²) < 4.78 is 4.23. The Morgan fingerprint density at radius 1 is 0.909 bits per heavy atom. The van der Waals surface area contributed by atoms with E-state index in [9.17, 15) is 0 Å². The molecular weight excluding hydrogens is 587 g/mol. The van der Waals surface area contributed by atoms with Gasteiger partial charge in [0.25, 0.3) is 0 Å². The smallest absolute Gasteiger partial charge is 0.373 e. The van der Waals surface area contributed by atoms with E-state index < -0.39 is 0 Å². The number of para-hydroxylation sites is 1. The Morgan fingerprint density at radius 2 is 1.67 bits per heavy atom. The van der Waals surface area contributed by atoms with Gasteiger partial charge in [-0.25, -0.2) is 0 Å². The first-order chi connectivity index (χ1) is 15.6. The van der Waals surface area contributed by atoms with Crippen molar-refractivity contribution in [3.8, 4) is 28.3 Å². The molecule has 0 saturated heterocycles. The standard InChI is InChI=1S/C28H24N4.Pt/c1-20-9-7-10-21(2)27(20)32-19-25(23-12-5-4-6-13-23)30-26(32)18-22-11-8-14-24(17-22)28-29-15-16-31(28)3;/h4-12,14-16,19H,18H2,1-3H3;/q-2;+2. The number of hydrogen-bond donors (Lipinski definition) is 0. The maximum absolute atomic E-state index is 5.04. The summed E-state index contributed by atoms with van der Waals surface area (Å²) in [4.78, 5) is 9.51. The van der Waals surface area contributed by atoms with Crippen LogP contribution in [0.2, 0.25) is 0 Å². The molecule has 5 rings (SSSR count). The van der Waals surface area contributed by atoms with E-state index in [2.05, 4.69) is 78.1 Å². The average molecular weight is 612 g/mol. The van der Waals surface area contributed by atoms with E-state index in [0.29, 0.717) is 6.42 Å². The molecule has 0 spiro atoms. The van der Waals surface area contributed by atoms with Gasteiger partial charge < -0.3 is 9.13 Å². The minimum atomic E-state index is 0. The third kappa shape index (κ3) is 4.62. The number of nitrogens with zero attached hydrogens (tertiary/aromatic N) is 4. The molecule has 5 aromatic rings. The van der Waals surface area contributed by atoms with Gasteiger partial charge in [-0.2, -0.15) is 0 Å². The summed E-state index contributed by atoms with van der Waals surface area (Å²) in [7, 11) is 2.00. The fourth-order valence-electron chi connectivity index (χ4n) is 4.15. The molecule has 0 aliphatic carbocycles. The molecule has 0 N–H and O–H groups in total. The predicted octanol–water partition coefficient (Wildman–Crippen LogP) is 5.75. The number of imidazole rings is 2. The van der Waals surface area contributed by atoms with Crippen LogP contribution in [0.3, 0.4) is 0 Å². The predicted molar refractivity (Wildman–Crippen MR) is 128 cm³/mol. The van der Waals surface area contributed by atoms with Crippen LogP contribution >= 0.6 is 0 Å². The van der Waals surface area contributed by atoms with Gasteiger partial charge >= 0.3 is 21.1 Å². The molecule has 33 heavy (non-hydrogen) atoms. The molecule has 0 radical (unpaired) electrons. The van der Waals surface area contributed by atoms with Crippen molar-refractivity contribution in [1.29, 1.82) is 0 Å². The second kappa shape index (κ2) is 9.72. The minimum absolute atomic E-state index is 0. The quantitative estimate of drug-likeness (QED) is 0.238. The SMILES string of the molecule is Cc1cccc(C)c1-n1cc(-c2[c-]cccc2)nc1Cc1[c-]c(-c2nccn2C)ccc1.[Pt+2]. The molecule has 166 valence electrons. The summed E-state index contributed by atoms with van der Waals surface area (Å²) in [6.45, 7) is 4.29. The van der Waals surface area contributed by atoms with Crippen molar-refractivity contribution in [2.75, 3.05) is 0 Å². The third-order valence-corrected chi connectivity index (χ3v) is 5.71. The Labute approximate surface area is 209 Å². The zero-order valence-corrected chi connectivity index (χ0v) is 21.1. The fraction of sp³-hybridized carbons (Fsp3) is 0.143. The van der Waals surface area contributed by atoms with Crippen molar-refractivity contribution >= 4 is 0 Å². The topological polar surface area (TPSA) is 35.6 Å². The molecule has 2 aromatic heterocycles. The first kappa shape index (κ1) is 22.9. The Bertz CT molecular complexity index is 1360. The van der Waals surface area contributed by atoms with Crippen molar-refractivity contribution in [2.45, 2.75) is 20.3 Å². The van der Waals surface area contributed by atoms with Crippen molar-refractivity contribution in [1.82, 2.24) is 19.1 Å². The number of hydrogen-bond acceptors (Lipinski definition) is 2. The van der Waals surface area contributed by atoms with E-state index in [1.165, 1.54) is 16.8 Å². The van der Waals surface area contributed by atoms with Crippen molar-refractivity contribution < 1.29 is 21.1 Å². The number of rotatable bonds is 5. The van der Waals surface area contributed by atoms with Crippen molar-refractivity contribution in [3.63, 3.8) is 0 Å². The molecule has 3 aromatic carbocycles. The third-order valence-electron chi connectivity index (χ3n) is 5.71. The van der Waals surface area contributed by atoms with E-state index in [1.807, 2.05) is 48.3 Å². The minimum Gasteiger partial charge on any atom is -0.373 e. The van der Waals surface area contributed by atoms with E-state index in [0.717, 1.165) is 34.0 Å². The Morgan fingerprint density at radius 3 is 2.36 bits per heavy atom. The van der Waals surface area contributed by atoms with Crippen LogP contribution in [0.25, 0.3) is 28.3 Å². The Kier molecular flexibility index (Phi) is 6.76. The van der Waals surface area contributed by atoms with Crippen LogP contribution in [0.4, 0.5) is 0 Å². The zero-order valence-electron chi connectivity index (χ0n) is 18.8. The van der Waals surface area contributed by atoms with Crippen molar-refractivity contribution in [3.05, 3.63) is 114 Å². The molecule has 0 unspecified atom stereocenters. The summed E-state index contributed by atoms with van der Waals surface area (Å²) in [5, 5.41) is 0. The largest absolute Gasteiger partial charge is 2.00 e. The second-order valence-electron chi connectivity index (χ2n) is 8.06. The Hall–Kier alpha value is -3.23. The summed E-state index contributed by atoms with van der Waals surface area (Å²) in [6, 6.07) is 27.4. The summed E-state index contributed by atoms with van der Waals surface area (Å²) in [5.41, 5.74) is 7.59. The first-order valence-corrected chi connectivity index (χ1v) is 10.7. The molecule has 0 bridgehead atoms. The summed E-state index contributed by atoms with van der Waals surface area (Å²) in [5.74, 6) is 1.88. The van der Waals surface area contributed by atoms with E-state index in [1.54, 1.807) is 0 Å². The van der Waals surface area contributed by atoms with Crippen LogP contribution in [0, 0.1) is 26.0 Å². The van der Waals surface area contributed by atoms with Crippen LogP contribution in [0.5, 0.6) is 0 Å². The van der Waals surface area contributed by atoms with E-state index in [-0.39, 0.29) is 21.1 Å². The molecule has 2 heterocycles.